The van der Waals surface area contributed by atoms with E-state index in [0.29, 0.717) is 23.1 Å². The van der Waals surface area contributed by atoms with Crippen LogP contribution in [0.3, 0.4) is 0 Å². The van der Waals surface area contributed by atoms with Crippen LogP contribution in [0.2, 0.25) is 0 Å². The summed E-state index contributed by atoms with van der Waals surface area (Å²) < 4.78 is 1.18. The number of nitrogens with zero attached hydrogens (tertiary/aromatic N) is 4. The molecule has 1 atom stereocenters. The number of aryl methyl sites for hydroxylation is 1. The monoisotopic (exact) mass is 394 g/mol. The minimum atomic E-state index is -0.294. The van der Waals surface area contributed by atoms with Gasteiger partial charge in [-0.1, -0.05) is 59.4 Å². The lowest BCUT2D eigenvalue weighted by atomic mass is 10.1. The number of amides is 2. The van der Waals surface area contributed by atoms with Crippen molar-refractivity contribution in [1.82, 2.24) is 19.9 Å². The number of rotatable bonds is 5. The second-order valence-electron chi connectivity index (χ2n) is 6.57. The maximum atomic E-state index is 12.7. The molecule has 0 radical (unpaired) electrons. The van der Waals surface area contributed by atoms with Gasteiger partial charge in [-0.15, -0.1) is 5.10 Å². The molecule has 1 aliphatic heterocycles. The lowest BCUT2D eigenvalue weighted by Gasteiger charge is -2.22. The molecule has 3 aromatic rings. The standard InChI is InChI=1S/C20H18N4O3S/c25-18(10-11-23-19(26)16-8-4-5-9-17(16)21-22-23)24-15(13-28-20(24)27)12-14-6-2-1-3-7-14/h1-9,15H,10-13H2. The van der Waals surface area contributed by atoms with E-state index in [9.17, 15) is 14.4 Å². The van der Waals surface area contributed by atoms with Gasteiger partial charge in [0.25, 0.3) is 10.8 Å². The average molecular weight is 394 g/mol. The topological polar surface area (TPSA) is 85.2 Å². The van der Waals surface area contributed by atoms with Crippen LogP contribution in [0, 0.1) is 0 Å². The number of benzene rings is 2. The largest absolute Gasteiger partial charge is 0.288 e. The van der Waals surface area contributed by atoms with E-state index < -0.39 is 0 Å². The lowest BCUT2D eigenvalue weighted by molar-refractivity contribution is -0.129. The van der Waals surface area contributed by atoms with Gasteiger partial charge in [-0.05, 0) is 24.1 Å². The third-order valence-corrected chi connectivity index (χ3v) is 5.71. The van der Waals surface area contributed by atoms with E-state index >= 15 is 0 Å². The molecule has 0 saturated carbocycles. The minimum absolute atomic E-state index is 0.0184. The van der Waals surface area contributed by atoms with Crippen LogP contribution in [0.1, 0.15) is 12.0 Å². The maximum Gasteiger partial charge on any atom is 0.288 e. The molecule has 2 aromatic carbocycles. The van der Waals surface area contributed by atoms with Crippen molar-refractivity contribution < 1.29 is 9.59 Å². The molecule has 1 unspecified atom stereocenters. The fourth-order valence-electron chi connectivity index (χ4n) is 3.29. The number of carbonyl (C=O) groups is 2. The first-order chi connectivity index (χ1) is 13.6. The summed E-state index contributed by atoms with van der Waals surface area (Å²) in [5.74, 6) is 0.285. The van der Waals surface area contributed by atoms with E-state index in [1.54, 1.807) is 24.3 Å². The number of aromatic nitrogens is 3. The van der Waals surface area contributed by atoms with Crippen LogP contribution < -0.4 is 5.56 Å². The summed E-state index contributed by atoms with van der Waals surface area (Å²) in [7, 11) is 0. The van der Waals surface area contributed by atoms with E-state index in [2.05, 4.69) is 10.3 Å². The van der Waals surface area contributed by atoms with Crippen molar-refractivity contribution in [2.75, 3.05) is 5.75 Å². The van der Waals surface area contributed by atoms with Crippen LogP contribution in [-0.2, 0) is 17.8 Å². The smallest absolute Gasteiger partial charge is 0.274 e. The minimum Gasteiger partial charge on any atom is -0.274 e. The van der Waals surface area contributed by atoms with Crippen molar-refractivity contribution in [3.63, 3.8) is 0 Å². The van der Waals surface area contributed by atoms with Crippen LogP contribution >= 0.6 is 11.8 Å². The van der Waals surface area contributed by atoms with E-state index in [-0.39, 0.29) is 35.7 Å². The van der Waals surface area contributed by atoms with Gasteiger partial charge in [-0.25, -0.2) is 4.68 Å². The van der Waals surface area contributed by atoms with E-state index in [1.165, 1.54) is 9.58 Å². The third-order valence-electron chi connectivity index (χ3n) is 4.71. The summed E-state index contributed by atoms with van der Waals surface area (Å²) in [5.41, 5.74) is 1.31. The Hall–Kier alpha value is -3.00. The summed E-state index contributed by atoms with van der Waals surface area (Å²) in [5, 5.41) is 8.15. The number of imide groups is 1. The predicted octanol–water partition coefficient (Wildman–Crippen LogP) is 2.49. The Morgan fingerprint density at radius 3 is 2.64 bits per heavy atom. The Bertz CT molecular complexity index is 1080. The molecule has 4 rings (SSSR count). The molecule has 2 amide bonds. The highest BCUT2D eigenvalue weighted by Gasteiger charge is 2.36. The molecular weight excluding hydrogens is 376 g/mol. The Balaban J connectivity index is 1.47. The first-order valence-electron chi connectivity index (χ1n) is 8.99. The third kappa shape index (κ3) is 3.68. The zero-order chi connectivity index (χ0) is 19.5. The van der Waals surface area contributed by atoms with Crippen molar-refractivity contribution in [3.8, 4) is 0 Å². The molecule has 1 aromatic heterocycles. The molecule has 1 fully saturated rings. The fraction of sp³-hybridized carbons (Fsp3) is 0.250. The zero-order valence-corrected chi connectivity index (χ0v) is 15.8. The number of hydrogen-bond acceptors (Lipinski definition) is 6. The molecule has 0 spiro atoms. The van der Waals surface area contributed by atoms with Crippen LogP contribution in [0.15, 0.2) is 59.4 Å². The molecular formula is C20H18N4O3S. The Morgan fingerprint density at radius 2 is 1.82 bits per heavy atom. The Morgan fingerprint density at radius 1 is 1.07 bits per heavy atom. The second-order valence-corrected chi connectivity index (χ2v) is 7.54. The highest BCUT2D eigenvalue weighted by Crippen LogP contribution is 2.27. The molecule has 7 nitrogen and oxygen atoms in total. The van der Waals surface area contributed by atoms with E-state index in [1.807, 2.05) is 30.3 Å². The normalized spacial score (nSPS) is 16.6. The van der Waals surface area contributed by atoms with Gasteiger partial charge in [0, 0.05) is 12.2 Å². The lowest BCUT2D eigenvalue weighted by Crippen LogP contribution is -2.40. The van der Waals surface area contributed by atoms with Gasteiger partial charge in [0.15, 0.2) is 0 Å². The summed E-state index contributed by atoms with van der Waals surface area (Å²) in [6.07, 6.45) is 0.644. The molecule has 2 heterocycles. The highest BCUT2D eigenvalue weighted by atomic mass is 32.2. The van der Waals surface area contributed by atoms with Crippen molar-refractivity contribution in [1.29, 1.82) is 0 Å². The fourth-order valence-corrected chi connectivity index (χ4v) is 4.29. The van der Waals surface area contributed by atoms with Crippen molar-refractivity contribution >= 4 is 33.8 Å². The molecule has 8 heteroatoms. The summed E-state index contributed by atoms with van der Waals surface area (Å²) in [6, 6.07) is 16.6. The molecule has 0 aliphatic carbocycles. The first kappa shape index (κ1) is 18.4. The van der Waals surface area contributed by atoms with E-state index in [4.69, 9.17) is 0 Å². The zero-order valence-electron chi connectivity index (χ0n) is 15.0. The first-order valence-corrected chi connectivity index (χ1v) is 9.97. The molecule has 1 saturated heterocycles. The predicted molar refractivity (Wildman–Crippen MR) is 107 cm³/mol. The maximum absolute atomic E-state index is 12.7. The number of carbonyl (C=O) groups excluding carboxylic acids is 2. The van der Waals surface area contributed by atoms with Gasteiger partial charge >= 0.3 is 0 Å². The number of thioether (sulfide) groups is 1. The van der Waals surface area contributed by atoms with Gasteiger partial charge in [0.05, 0.1) is 18.0 Å². The van der Waals surface area contributed by atoms with Gasteiger partial charge in [-0.3, -0.25) is 19.3 Å². The molecule has 0 N–H and O–H groups in total. The Kier molecular flexibility index (Phi) is 5.21. The van der Waals surface area contributed by atoms with Gasteiger partial charge < -0.3 is 0 Å². The van der Waals surface area contributed by atoms with Gasteiger partial charge in [0.2, 0.25) is 5.91 Å². The quantitative estimate of drug-likeness (QED) is 0.661. The number of fused-ring (bicyclic) bond motifs is 1. The van der Waals surface area contributed by atoms with Crippen LogP contribution in [-0.4, -0.2) is 42.8 Å². The van der Waals surface area contributed by atoms with Crippen molar-refractivity contribution in [2.24, 2.45) is 0 Å². The van der Waals surface area contributed by atoms with Crippen LogP contribution in [0.5, 0.6) is 0 Å². The van der Waals surface area contributed by atoms with Crippen molar-refractivity contribution in [2.45, 2.75) is 25.4 Å². The molecule has 0 bridgehead atoms. The van der Waals surface area contributed by atoms with E-state index in [0.717, 1.165) is 17.3 Å². The molecule has 1 aliphatic rings. The Labute approximate surface area is 165 Å². The van der Waals surface area contributed by atoms with Gasteiger partial charge in [-0.2, -0.15) is 0 Å². The van der Waals surface area contributed by atoms with Gasteiger partial charge in [0.1, 0.15) is 5.52 Å². The summed E-state index contributed by atoms with van der Waals surface area (Å²) >= 11 is 1.16. The SMILES string of the molecule is O=C(CCn1nnc2ccccc2c1=O)N1C(=O)SCC1Cc1ccccc1. The summed E-state index contributed by atoms with van der Waals surface area (Å²) in [6.45, 7) is 0.0853. The summed E-state index contributed by atoms with van der Waals surface area (Å²) in [4.78, 5) is 38.8. The van der Waals surface area contributed by atoms with Crippen LogP contribution in [0.4, 0.5) is 4.79 Å². The molecule has 28 heavy (non-hydrogen) atoms. The van der Waals surface area contributed by atoms with Crippen molar-refractivity contribution in [3.05, 3.63) is 70.5 Å². The number of hydrogen-bond donors (Lipinski definition) is 0. The average Bonchev–Trinajstić information content (AvgIpc) is 3.08. The highest BCUT2D eigenvalue weighted by molar-refractivity contribution is 8.14. The second kappa shape index (κ2) is 7.93. The van der Waals surface area contributed by atoms with Crippen LogP contribution in [0.25, 0.3) is 10.9 Å². The molecule has 142 valence electrons.